The van der Waals surface area contributed by atoms with E-state index in [1.807, 2.05) is 0 Å². The van der Waals surface area contributed by atoms with Gasteiger partial charge in [-0.1, -0.05) is 39.5 Å². The Labute approximate surface area is 126 Å². The molecule has 1 atom stereocenters. The molecule has 2 heterocycles. The number of fused-ring (bicyclic) bond motifs is 1. The lowest BCUT2D eigenvalue weighted by Crippen LogP contribution is -2.22. The van der Waals surface area contributed by atoms with Crippen molar-refractivity contribution >= 4 is 21.6 Å². The van der Waals surface area contributed by atoms with Crippen LogP contribution in [0.25, 0.3) is 10.2 Å². The summed E-state index contributed by atoms with van der Waals surface area (Å²) in [5.74, 6) is 0. The van der Waals surface area contributed by atoms with E-state index >= 15 is 0 Å². The Balaban J connectivity index is 2.03. The number of nitrogens with one attached hydrogen (secondary N) is 1. The van der Waals surface area contributed by atoms with Crippen LogP contribution in [0.15, 0.2) is 23.7 Å². The molecule has 20 heavy (non-hydrogen) atoms. The standard InChI is InChI=1S/C17H26N2S/c1-3-5-6-7-8-15(18-10-4-2)14-12-17-16(19-13-14)9-11-20-17/h9,11-13,15,18H,3-8,10H2,1-2H3. The molecule has 0 aliphatic rings. The van der Waals surface area contributed by atoms with Crippen molar-refractivity contribution in [3.05, 3.63) is 29.3 Å². The van der Waals surface area contributed by atoms with Gasteiger partial charge < -0.3 is 5.32 Å². The summed E-state index contributed by atoms with van der Waals surface area (Å²) in [5.41, 5.74) is 2.48. The highest BCUT2D eigenvalue weighted by Gasteiger charge is 2.11. The van der Waals surface area contributed by atoms with Gasteiger partial charge in [0, 0.05) is 12.2 Å². The Kier molecular flexibility index (Phi) is 6.48. The maximum atomic E-state index is 4.58. The Morgan fingerprint density at radius 3 is 2.90 bits per heavy atom. The quantitative estimate of drug-likeness (QED) is 0.633. The van der Waals surface area contributed by atoms with E-state index in [0.29, 0.717) is 6.04 Å². The maximum Gasteiger partial charge on any atom is 0.0809 e. The lowest BCUT2D eigenvalue weighted by atomic mass is 10.0. The summed E-state index contributed by atoms with van der Waals surface area (Å²) in [6, 6.07) is 4.88. The Morgan fingerprint density at radius 2 is 2.10 bits per heavy atom. The predicted molar refractivity (Wildman–Crippen MR) is 89.4 cm³/mol. The van der Waals surface area contributed by atoms with Crippen LogP contribution < -0.4 is 5.32 Å². The average molecular weight is 290 g/mol. The van der Waals surface area contributed by atoms with Crippen LogP contribution in [0.3, 0.4) is 0 Å². The number of unbranched alkanes of at least 4 members (excludes halogenated alkanes) is 3. The molecule has 0 bridgehead atoms. The van der Waals surface area contributed by atoms with E-state index in [1.165, 1.54) is 48.8 Å². The molecule has 1 unspecified atom stereocenters. The highest BCUT2D eigenvalue weighted by Crippen LogP contribution is 2.25. The molecular weight excluding hydrogens is 264 g/mol. The number of aromatic nitrogens is 1. The summed E-state index contributed by atoms with van der Waals surface area (Å²) < 4.78 is 1.30. The second-order valence-corrected chi connectivity index (χ2v) is 6.38. The van der Waals surface area contributed by atoms with E-state index < -0.39 is 0 Å². The average Bonchev–Trinajstić information content (AvgIpc) is 2.94. The van der Waals surface area contributed by atoms with E-state index in [1.54, 1.807) is 11.3 Å². The second kappa shape index (κ2) is 8.38. The summed E-state index contributed by atoms with van der Waals surface area (Å²) in [5, 5.41) is 5.81. The van der Waals surface area contributed by atoms with Crippen LogP contribution in [0.2, 0.25) is 0 Å². The van der Waals surface area contributed by atoms with Crippen molar-refractivity contribution in [1.82, 2.24) is 10.3 Å². The Morgan fingerprint density at radius 1 is 1.20 bits per heavy atom. The fourth-order valence-corrected chi connectivity index (χ4v) is 3.32. The first-order valence-corrected chi connectivity index (χ1v) is 8.79. The number of pyridine rings is 1. The molecule has 2 rings (SSSR count). The Bertz CT molecular complexity index is 506. The Hall–Kier alpha value is -0.930. The molecule has 0 aliphatic heterocycles. The highest BCUT2D eigenvalue weighted by atomic mass is 32.1. The van der Waals surface area contributed by atoms with Gasteiger partial charge in [-0.25, -0.2) is 0 Å². The second-order valence-electron chi connectivity index (χ2n) is 5.43. The van der Waals surface area contributed by atoms with Crippen molar-refractivity contribution in [3.8, 4) is 0 Å². The van der Waals surface area contributed by atoms with E-state index in [2.05, 4.69) is 47.9 Å². The van der Waals surface area contributed by atoms with Crippen LogP contribution in [0.4, 0.5) is 0 Å². The van der Waals surface area contributed by atoms with Crippen LogP contribution in [0, 0.1) is 0 Å². The number of hydrogen-bond acceptors (Lipinski definition) is 3. The minimum absolute atomic E-state index is 0.464. The predicted octanol–water partition coefficient (Wildman–Crippen LogP) is 5.31. The van der Waals surface area contributed by atoms with Gasteiger partial charge in [0.2, 0.25) is 0 Å². The zero-order chi connectivity index (χ0) is 14.2. The number of nitrogens with zero attached hydrogens (tertiary/aromatic N) is 1. The number of hydrogen-bond donors (Lipinski definition) is 1. The summed E-state index contributed by atoms with van der Waals surface area (Å²) in [7, 11) is 0. The molecule has 0 amide bonds. The van der Waals surface area contributed by atoms with Gasteiger partial charge in [-0.3, -0.25) is 4.98 Å². The summed E-state index contributed by atoms with van der Waals surface area (Å²) >= 11 is 1.78. The molecule has 0 spiro atoms. The van der Waals surface area contributed by atoms with Gasteiger partial charge in [0.05, 0.1) is 10.2 Å². The van der Waals surface area contributed by atoms with Gasteiger partial charge >= 0.3 is 0 Å². The highest BCUT2D eigenvalue weighted by molar-refractivity contribution is 7.17. The summed E-state index contributed by atoms with van der Waals surface area (Å²) in [6.07, 6.45) is 9.76. The monoisotopic (exact) mass is 290 g/mol. The largest absolute Gasteiger partial charge is 0.310 e. The van der Waals surface area contributed by atoms with Crippen LogP contribution in [-0.4, -0.2) is 11.5 Å². The van der Waals surface area contributed by atoms with E-state index in [9.17, 15) is 0 Å². The van der Waals surface area contributed by atoms with Crippen molar-refractivity contribution in [1.29, 1.82) is 0 Å². The zero-order valence-electron chi connectivity index (χ0n) is 12.7. The van der Waals surface area contributed by atoms with Gasteiger partial charge in [0.1, 0.15) is 0 Å². The van der Waals surface area contributed by atoms with E-state index in [4.69, 9.17) is 0 Å². The minimum Gasteiger partial charge on any atom is -0.310 e. The van der Waals surface area contributed by atoms with Gasteiger partial charge in [-0.2, -0.15) is 0 Å². The molecule has 0 saturated carbocycles. The van der Waals surface area contributed by atoms with Crippen molar-refractivity contribution in [2.75, 3.05) is 6.54 Å². The SMILES string of the molecule is CCCCCCC(NCCC)c1cnc2ccsc2c1. The fourth-order valence-electron chi connectivity index (χ4n) is 2.53. The molecule has 0 radical (unpaired) electrons. The lowest BCUT2D eigenvalue weighted by Gasteiger charge is -2.18. The first kappa shape index (κ1) is 15.5. The normalized spacial score (nSPS) is 12.9. The first-order valence-electron chi connectivity index (χ1n) is 7.91. The molecule has 0 aromatic carbocycles. The number of rotatable bonds is 9. The molecule has 0 saturated heterocycles. The van der Waals surface area contributed by atoms with Gasteiger partial charge in [-0.05, 0) is 42.5 Å². The summed E-state index contributed by atoms with van der Waals surface area (Å²) in [4.78, 5) is 4.58. The molecular formula is C17H26N2S. The molecule has 0 fully saturated rings. The minimum atomic E-state index is 0.464. The third kappa shape index (κ3) is 4.29. The lowest BCUT2D eigenvalue weighted by molar-refractivity contribution is 0.470. The van der Waals surface area contributed by atoms with Gasteiger partial charge in [0.15, 0.2) is 0 Å². The molecule has 2 aromatic rings. The third-order valence-electron chi connectivity index (χ3n) is 3.71. The molecule has 0 aliphatic carbocycles. The molecule has 3 heteroatoms. The topological polar surface area (TPSA) is 24.9 Å². The van der Waals surface area contributed by atoms with Gasteiger partial charge in [-0.15, -0.1) is 11.3 Å². The first-order chi connectivity index (χ1) is 9.85. The molecule has 2 nitrogen and oxygen atoms in total. The number of thiophene rings is 1. The van der Waals surface area contributed by atoms with Crippen LogP contribution in [0.5, 0.6) is 0 Å². The zero-order valence-corrected chi connectivity index (χ0v) is 13.5. The molecule has 1 N–H and O–H groups in total. The van der Waals surface area contributed by atoms with Crippen molar-refractivity contribution < 1.29 is 0 Å². The maximum absolute atomic E-state index is 4.58. The summed E-state index contributed by atoms with van der Waals surface area (Å²) in [6.45, 7) is 5.57. The van der Waals surface area contributed by atoms with Gasteiger partial charge in [0.25, 0.3) is 0 Å². The van der Waals surface area contributed by atoms with Crippen molar-refractivity contribution in [2.24, 2.45) is 0 Å². The molecule has 2 aromatic heterocycles. The third-order valence-corrected chi connectivity index (χ3v) is 4.57. The van der Waals surface area contributed by atoms with Crippen molar-refractivity contribution in [2.45, 2.75) is 58.4 Å². The fraction of sp³-hybridized carbons (Fsp3) is 0.588. The van der Waals surface area contributed by atoms with E-state index in [-0.39, 0.29) is 0 Å². The van der Waals surface area contributed by atoms with Crippen LogP contribution in [0.1, 0.15) is 64.0 Å². The smallest absolute Gasteiger partial charge is 0.0809 e. The van der Waals surface area contributed by atoms with Crippen molar-refractivity contribution in [3.63, 3.8) is 0 Å². The van der Waals surface area contributed by atoms with Crippen LogP contribution in [-0.2, 0) is 0 Å². The van der Waals surface area contributed by atoms with Crippen LogP contribution >= 0.6 is 11.3 Å². The molecule has 110 valence electrons. The van der Waals surface area contributed by atoms with E-state index in [0.717, 1.165) is 12.1 Å².